The Bertz CT molecular complexity index is 609. The number of aliphatic hydroxyl groups excluding tert-OH is 1. The van der Waals surface area contributed by atoms with E-state index in [1.54, 1.807) is 12.1 Å². The normalized spacial score (nSPS) is 21.9. The molecule has 7 heteroatoms. The van der Waals surface area contributed by atoms with Crippen LogP contribution in [0.15, 0.2) is 30.3 Å². The van der Waals surface area contributed by atoms with Crippen LogP contribution in [0.1, 0.15) is 19.8 Å². The van der Waals surface area contributed by atoms with Gasteiger partial charge in [0.25, 0.3) is 5.91 Å². The van der Waals surface area contributed by atoms with Gasteiger partial charge in [-0.15, -0.1) is 0 Å². The molecule has 1 aliphatic carbocycles. The van der Waals surface area contributed by atoms with E-state index in [2.05, 4.69) is 5.32 Å². The Morgan fingerprint density at radius 2 is 1.89 bits per heavy atom. The van der Waals surface area contributed by atoms with Gasteiger partial charge in [-0.05, 0) is 46.0 Å². The number of hydrogen-bond donors (Lipinski definition) is 2. The topological polar surface area (TPSA) is 82.1 Å². The van der Waals surface area contributed by atoms with E-state index in [4.69, 9.17) is 4.74 Å². The third kappa shape index (κ3) is 6.52. The second kappa shape index (κ2) is 10.3. The Morgan fingerprint density at radius 1 is 1.19 bits per heavy atom. The molecule has 2 rings (SSSR count). The van der Waals surface area contributed by atoms with Crippen LogP contribution in [-0.4, -0.2) is 79.2 Å². The van der Waals surface area contributed by atoms with E-state index in [0.717, 1.165) is 6.54 Å². The third-order valence-corrected chi connectivity index (χ3v) is 4.85. The molecule has 1 saturated carbocycles. The van der Waals surface area contributed by atoms with Gasteiger partial charge < -0.3 is 25.0 Å². The maximum absolute atomic E-state index is 12.7. The van der Waals surface area contributed by atoms with Crippen molar-refractivity contribution in [1.29, 1.82) is 0 Å². The number of nitrogens with one attached hydrogen (secondary N) is 1. The minimum atomic E-state index is -0.716. The number of carbonyl (C=O) groups excluding carboxylic acids is 2. The molecule has 0 saturated heterocycles. The minimum absolute atomic E-state index is 0.0516. The molecule has 0 heterocycles. The number of hydrogen-bond acceptors (Lipinski definition) is 5. The number of para-hydroxylation sites is 1. The molecule has 1 fully saturated rings. The van der Waals surface area contributed by atoms with Crippen LogP contribution >= 0.6 is 0 Å². The zero-order chi connectivity index (χ0) is 19.8. The second-order valence-electron chi connectivity index (χ2n) is 7.23. The second-order valence-corrected chi connectivity index (χ2v) is 7.23. The molecule has 0 aromatic heterocycles. The molecule has 2 amide bonds. The Hall–Kier alpha value is -2.12. The molecule has 0 radical (unpaired) electrons. The van der Waals surface area contributed by atoms with Gasteiger partial charge in [0.2, 0.25) is 5.91 Å². The maximum atomic E-state index is 12.7. The fraction of sp³-hybridized carbons (Fsp3) is 0.600. The highest BCUT2D eigenvalue weighted by Crippen LogP contribution is 2.28. The summed E-state index contributed by atoms with van der Waals surface area (Å²) in [4.78, 5) is 28.7. The average molecular weight is 377 g/mol. The van der Waals surface area contributed by atoms with Gasteiger partial charge in [-0.2, -0.15) is 0 Å². The van der Waals surface area contributed by atoms with Crippen molar-refractivity contribution in [1.82, 2.24) is 15.1 Å². The third-order valence-electron chi connectivity index (χ3n) is 4.85. The lowest BCUT2D eigenvalue weighted by Gasteiger charge is -2.25. The Balaban J connectivity index is 1.82. The molecule has 7 nitrogen and oxygen atoms in total. The van der Waals surface area contributed by atoms with Gasteiger partial charge in [0.15, 0.2) is 6.61 Å². The summed E-state index contributed by atoms with van der Waals surface area (Å²) in [6.07, 6.45) is 0.115. The van der Waals surface area contributed by atoms with Crippen LogP contribution in [0.2, 0.25) is 0 Å². The number of likely N-dealkylation sites (N-methyl/N-ethyl adjacent to an activating group) is 2. The van der Waals surface area contributed by atoms with Gasteiger partial charge in [-0.1, -0.05) is 18.2 Å². The van der Waals surface area contributed by atoms with Crippen LogP contribution in [-0.2, 0) is 9.59 Å². The first kappa shape index (κ1) is 21.2. The van der Waals surface area contributed by atoms with Gasteiger partial charge in [0, 0.05) is 25.6 Å². The van der Waals surface area contributed by atoms with Crippen LogP contribution in [0, 0.1) is 5.92 Å². The summed E-state index contributed by atoms with van der Waals surface area (Å²) in [6, 6.07) is 8.68. The smallest absolute Gasteiger partial charge is 0.258 e. The zero-order valence-corrected chi connectivity index (χ0v) is 16.4. The number of aliphatic hydroxyl groups is 1. The molecule has 0 bridgehead atoms. The van der Waals surface area contributed by atoms with Gasteiger partial charge in [-0.3, -0.25) is 9.59 Å². The highest BCUT2D eigenvalue weighted by Gasteiger charge is 2.39. The molecule has 27 heavy (non-hydrogen) atoms. The Labute approximate surface area is 161 Å². The van der Waals surface area contributed by atoms with E-state index in [0.29, 0.717) is 31.7 Å². The minimum Gasteiger partial charge on any atom is -0.484 e. The van der Waals surface area contributed by atoms with Crippen molar-refractivity contribution in [2.24, 2.45) is 5.92 Å². The van der Waals surface area contributed by atoms with Crippen molar-refractivity contribution in [3.05, 3.63) is 30.3 Å². The highest BCUT2D eigenvalue weighted by atomic mass is 16.5. The summed E-state index contributed by atoms with van der Waals surface area (Å²) in [6.45, 7) is 3.94. The number of rotatable bonds is 9. The predicted molar refractivity (Wildman–Crippen MR) is 103 cm³/mol. The lowest BCUT2D eigenvalue weighted by Crippen LogP contribution is -2.42. The molecule has 1 aromatic rings. The van der Waals surface area contributed by atoms with Crippen molar-refractivity contribution < 1.29 is 19.4 Å². The molecular weight excluding hydrogens is 346 g/mol. The highest BCUT2D eigenvalue weighted by molar-refractivity contribution is 5.80. The van der Waals surface area contributed by atoms with Crippen LogP contribution < -0.4 is 10.1 Å². The summed E-state index contributed by atoms with van der Waals surface area (Å²) in [5.74, 6) is 0.112. The van der Waals surface area contributed by atoms with Gasteiger partial charge in [-0.25, -0.2) is 0 Å². The average Bonchev–Trinajstić information content (AvgIpc) is 3.01. The first-order chi connectivity index (χ1) is 12.9. The van der Waals surface area contributed by atoms with Crippen molar-refractivity contribution in [2.45, 2.75) is 31.9 Å². The van der Waals surface area contributed by atoms with Gasteiger partial charge in [0.1, 0.15) is 5.75 Å². The molecule has 0 spiro atoms. The SMILES string of the molecule is CCN(CCN(C)C)C(=O)[C@H]1C[C@H](NC(=O)COc2ccccc2)[C@@H](O)C1. The number of carbonyl (C=O) groups is 2. The van der Waals surface area contributed by atoms with Crippen molar-refractivity contribution >= 4 is 11.8 Å². The van der Waals surface area contributed by atoms with E-state index < -0.39 is 12.1 Å². The first-order valence-corrected chi connectivity index (χ1v) is 9.49. The number of nitrogens with zero attached hydrogens (tertiary/aromatic N) is 2. The van der Waals surface area contributed by atoms with Crippen LogP contribution in [0.25, 0.3) is 0 Å². The van der Waals surface area contributed by atoms with Crippen LogP contribution in [0.5, 0.6) is 5.75 Å². The lowest BCUT2D eigenvalue weighted by atomic mass is 10.1. The summed E-state index contributed by atoms with van der Waals surface area (Å²) < 4.78 is 5.42. The van der Waals surface area contributed by atoms with E-state index in [1.165, 1.54) is 0 Å². The number of benzene rings is 1. The molecular formula is C20H31N3O4. The number of ether oxygens (including phenoxy) is 1. The van der Waals surface area contributed by atoms with Crippen molar-refractivity contribution in [2.75, 3.05) is 40.3 Å². The molecule has 1 aliphatic rings. The fourth-order valence-electron chi connectivity index (χ4n) is 3.29. The van der Waals surface area contributed by atoms with Crippen LogP contribution in [0.4, 0.5) is 0 Å². The van der Waals surface area contributed by atoms with E-state index in [9.17, 15) is 14.7 Å². The first-order valence-electron chi connectivity index (χ1n) is 9.49. The Morgan fingerprint density at radius 3 is 2.52 bits per heavy atom. The van der Waals surface area contributed by atoms with Crippen molar-refractivity contribution in [3.8, 4) is 5.75 Å². The standard InChI is InChI=1S/C20H31N3O4/c1-4-23(11-10-22(2)3)20(26)15-12-17(18(24)13-15)21-19(25)14-27-16-8-6-5-7-9-16/h5-9,15,17-18,24H,4,10-14H2,1-3H3,(H,21,25)/t15-,17-,18-/m0/s1. The Kier molecular flexibility index (Phi) is 8.06. The largest absolute Gasteiger partial charge is 0.484 e. The summed E-state index contributed by atoms with van der Waals surface area (Å²) in [5, 5.41) is 13.1. The molecule has 2 N–H and O–H groups in total. The molecule has 3 atom stereocenters. The quantitative estimate of drug-likeness (QED) is 0.663. The van der Waals surface area contributed by atoms with Gasteiger partial charge >= 0.3 is 0 Å². The zero-order valence-electron chi connectivity index (χ0n) is 16.4. The molecule has 150 valence electrons. The lowest BCUT2D eigenvalue weighted by molar-refractivity contribution is -0.135. The fourth-order valence-corrected chi connectivity index (χ4v) is 3.29. The molecule has 0 unspecified atom stereocenters. The van der Waals surface area contributed by atoms with E-state index >= 15 is 0 Å². The summed E-state index contributed by atoms with van der Waals surface area (Å²) in [7, 11) is 3.95. The summed E-state index contributed by atoms with van der Waals surface area (Å²) in [5.41, 5.74) is 0. The van der Waals surface area contributed by atoms with E-state index in [-0.39, 0.29) is 24.3 Å². The predicted octanol–water partition coefficient (Wildman–Crippen LogP) is 0.731. The van der Waals surface area contributed by atoms with Crippen molar-refractivity contribution in [3.63, 3.8) is 0 Å². The monoisotopic (exact) mass is 377 g/mol. The molecule has 0 aliphatic heterocycles. The van der Waals surface area contributed by atoms with Gasteiger partial charge in [0.05, 0.1) is 12.1 Å². The molecule has 1 aromatic carbocycles. The number of amides is 2. The van der Waals surface area contributed by atoms with Crippen LogP contribution in [0.3, 0.4) is 0 Å². The van der Waals surface area contributed by atoms with E-state index in [1.807, 2.05) is 49.0 Å². The summed E-state index contributed by atoms with van der Waals surface area (Å²) >= 11 is 0. The maximum Gasteiger partial charge on any atom is 0.258 e.